The molecule has 0 aliphatic rings. The van der Waals surface area contributed by atoms with Gasteiger partial charge in [-0.1, -0.05) is 29.3 Å². The molecule has 0 aliphatic heterocycles. The quantitative estimate of drug-likeness (QED) is 0.605. The molecular weight excluding hydrogens is 387 g/mol. The zero-order valence-electron chi connectivity index (χ0n) is 14.3. The Labute approximate surface area is 166 Å². The van der Waals surface area contributed by atoms with Crippen molar-refractivity contribution in [3.8, 4) is 0 Å². The third-order valence-corrected chi connectivity index (χ3v) is 4.68. The molecule has 2 N–H and O–H groups in total. The average molecular weight is 403 g/mol. The van der Waals surface area contributed by atoms with Crippen LogP contribution >= 0.6 is 23.2 Å². The highest BCUT2D eigenvalue weighted by molar-refractivity contribution is 6.42. The Bertz CT molecular complexity index is 954. The lowest BCUT2D eigenvalue weighted by atomic mass is 10.1. The molecule has 2 amide bonds. The molecule has 2 aromatic carbocycles. The summed E-state index contributed by atoms with van der Waals surface area (Å²) in [7, 11) is 0. The standard InChI is InChI=1S/C20H16Cl2N2O3/c1-12(14-6-9-16(21)17(22)11-14)23-19(25)13-4-7-15(8-5-13)24-20(26)18-3-2-10-27-18/h2-12H,1H3,(H,23,25)(H,24,26). The van der Waals surface area contributed by atoms with Crippen LogP contribution in [0.2, 0.25) is 10.0 Å². The molecule has 5 nitrogen and oxygen atoms in total. The number of furan rings is 1. The Balaban J connectivity index is 1.63. The second-order valence-corrected chi connectivity index (χ2v) is 6.69. The van der Waals surface area contributed by atoms with E-state index in [9.17, 15) is 9.59 Å². The average Bonchev–Trinajstić information content (AvgIpc) is 3.19. The molecule has 0 radical (unpaired) electrons. The number of rotatable bonds is 5. The van der Waals surface area contributed by atoms with E-state index in [1.54, 1.807) is 48.5 Å². The predicted octanol–water partition coefficient (Wildman–Crippen LogP) is 5.33. The van der Waals surface area contributed by atoms with Crippen molar-refractivity contribution in [1.29, 1.82) is 0 Å². The monoisotopic (exact) mass is 402 g/mol. The van der Waals surface area contributed by atoms with Gasteiger partial charge in [0.15, 0.2) is 5.76 Å². The third kappa shape index (κ3) is 4.70. The van der Waals surface area contributed by atoms with Gasteiger partial charge in [0.1, 0.15) is 0 Å². The minimum Gasteiger partial charge on any atom is -0.459 e. The number of hydrogen-bond acceptors (Lipinski definition) is 3. The van der Waals surface area contributed by atoms with Crippen LogP contribution in [-0.2, 0) is 0 Å². The summed E-state index contributed by atoms with van der Waals surface area (Å²) in [5.41, 5.74) is 1.88. The second kappa shape index (κ2) is 8.29. The first-order valence-corrected chi connectivity index (χ1v) is 8.90. The first-order chi connectivity index (χ1) is 12.9. The fourth-order valence-electron chi connectivity index (χ4n) is 2.45. The number of nitrogens with one attached hydrogen (secondary N) is 2. The van der Waals surface area contributed by atoms with E-state index in [-0.39, 0.29) is 23.6 Å². The molecule has 0 bridgehead atoms. The minimum absolute atomic E-state index is 0.215. The van der Waals surface area contributed by atoms with E-state index in [0.29, 0.717) is 21.3 Å². The maximum atomic E-state index is 12.4. The van der Waals surface area contributed by atoms with Gasteiger partial charge < -0.3 is 15.1 Å². The molecule has 7 heteroatoms. The summed E-state index contributed by atoms with van der Waals surface area (Å²) in [5.74, 6) is -0.379. The van der Waals surface area contributed by atoms with E-state index >= 15 is 0 Å². The highest BCUT2D eigenvalue weighted by Gasteiger charge is 2.13. The zero-order valence-corrected chi connectivity index (χ0v) is 15.8. The number of amides is 2. The number of benzene rings is 2. The molecular formula is C20H16Cl2N2O3. The normalized spacial score (nSPS) is 11.7. The SMILES string of the molecule is CC(NC(=O)c1ccc(NC(=O)c2ccco2)cc1)c1ccc(Cl)c(Cl)c1. The van der Waals surface area contributed by atoms with Gasteiger partial charge >= 0.3 is 0 Å². The second-order valence-electron chi connectivity index (χ2n) is 5.88. The van der Waals surface area contributed by atoms with Gasteiger partial charge in [-0.3, -0.25) is 9.59 Å². The van der Waals surface area contributed by atoms with Gasteiger partial charge in [-0.05, 0) is 61.0 Å². The van der Waals surface area contributed by atoms with E-state index in [4.69, 9.17) is 27.6 Å². The van der Waals surface area contributed by atoms with Crippen molar-refractivity contribution in [1.82, 2.24) is 5.32 Å². The van der Waals surface area contributed by atoms with Gasteiger partial charge in [0.05, 0.1) is 22.4 Å². The molecule has 3 rings (SSSR count). The molecule has 0 saturated heterocycles. The topological polar surface area (TPSA) is 71.3 Å². The lowest BCUT2D eigenvalue weighted by Crippen LogP contribution is -2.26. The van der Waals surface area contributed by atoms with Crippen LogP contribution in [0.3, 0.4) is 0 Å². The molecule has 27 heavy (non-hydrogen) atoms. The Morgan fingerprint density at radius 3 is 2.33 bits per heavy atom. The van der Waals surface area contributed by atoms with E-state index in [1.807, 2.05) is 13.0 Å². The molecule has 1 aromatic heterocycles. The maximum absolute atomic E-state index is 12.4. The summed E-state index contributed by atoms with van der Waals surface area (Å²) in [6, 6.07) is 14.8. The molecule has 1 heterocycles. The first-order valence-electron chi connectivity index (χ1n) is 8.15. The minimum atomic E-state index is -0.356. The Hall–Kier alpha value is -2.76. The van der Waals surface area contributed by atoms with Crippen LogP contribution in [0.1, 0.15) is 39.4 Å². The van der Waals surface area contributed by atoms with E-state index < -0.39 is 0 Å². The lowest BCUT2D eigenvalue weighted by molar-refractivity contribution is 0.0939. The van der Waals surface area contributed by atoms with Crippen LogP contribution in [0, 0.1) is 0 Å². The summed E-state index contributed by atoms with van der Waals surface area (Å²) < 4.78 is 5.04. The summed E-state index contributed by atoms with van der Waals surface area (Å²) in [6.45, 7) is 1.86. The van der Waals surface area contributed by atoms with E-state index in [1.165, 1.54) is 6.26 Å². The number of hydrogen-bond donors (Lipinski definition) is 2. The lowest BCUT2D eigenvalue weighted by Gasteiger charge is -2.15. The predicted molar refractivity (Wildman–Crippen MR) is 105 cm³/mol. The van der Waals surface area contributed by atoms with E-state index in [2.05, 4.69) is 10.6 Å². The first kappa shape index (κ1) is 19.0. The van der Waals surface area contributed by atoms with Crippen molar-refractivity contribution >= 4 is 40.7 Å². The Morgan fingerprint density at radius 1 is 0.963 bits per heavy atom. The molecule has 0 saturated carbocycles. The summed E-state index contributed by atoms with van der Waals surface area (Å²) in [6.07, 6.45) is 1.43. The van der Waals surface area contributed by atoms with Gasteiger partial charge in [-0.25, -0.2) is 0 Å². The fraction of sp³-hybridized carbons (Fsp3) is 0.100. The van der Waals surface area contributed by atoms with Gasteiger partial charge in [-0.2, -0.15) is 0 Å². The molecule has 0 spiro atoms. The van der Waals surface area contributed by atoms with Crippen LogP contribution in [0.25, 0.3) is 0 Å². The van der Waals surface area contributed by atoms with Crippen molar-refractivity contribution in [2.75, 3.05) is 5.32 Å². The molecule has 1 unspecified atom stereocenters. The van der Waals surface area contributed by atoms with Crippen molar-refractivity contribution in [3.05, 3.63) is 87.8 Å². The van der Waals surface area contributed by atoms with Gasteiger partial charge in [-0.15, -0.1) is 0 Å². The highest BCUT2D eigenvalue weighted by atomic mass is 35.5. The van der Waals surface area contributed by atoms with Crippen LogP contribution in [0.5, 0.6) is 0 Å². The Morgan fingerprint density at radius 2 is 1.70 bits per heavy atom. The van der Waals surface area contributed by atoms with Crippen molar-refractivity contribution in [2.45, 2.75) is 13.0 Å². The number of anilines is 1. The van der Waals surface area contributed by atoms with Crippen LogP contribution < -0.4 is 10.6 Å². The van der Waals surface area contributed by atoms with E-state index in [0.717, 1.165) is 5.56 Å². The molecule has 1 atom stereocenters. The molecule has 3 aromatic rings. The van der Waals surface area contributed by atoms with Crippen LogP contribution in [0.4, 0.5) is 5.69 Å². The summed E-state index contributed by atoms with van der Waals surface area (Å²) in [4.78, 5) is 24.4. The summed E-state index contributed by atoms with van der Waals surface area (Å²) in [5, 5.41) is 6.50. The number of carbonyl (C=O) groups is 2. The molecule has 0 aliphatic carbocycles. The fourth-order valence-corrected chi connectivity index (χ4v) is 2.76. The van der Waals surface area contributed by atoms with Gasteiger partial charge in [0.2, 0.25) is 0 Å². The van der Waals surface area contributed by atoms with Gasteiger partial charge in [0.25, 0.3) is 11.8 Å². The van der Waals surface area contributed by atoms with Crippen molar-refractivity contribution in [3.63, 3.8) is 0 Å². The largest absolute Gasteiger partial charge is 0.459 e. The third-order valence-electron chi connectivity index (χ3n) is 3.94. The highest BCUT2D eigenvalue weighted by Crippen LogP contribution is 2.25. The van der Waals surface area contributed by atoms with Crippen molar-refractivity contribution < 1.29 is 14.0 Å². The van der Waals surface area contributed by atoms with Crippen LogP contribution in [0.15, 0.2) is 65.3 Å². The Kier molecular flexibility index (Phi) is 5.84. The summed E-state index contributed by atoms with van der Waals surface area (Å²) >= 11 is 11.9. The number of carbonyl (C=O) groups excluding carboxylic acids is 2. The van der Waals surface area contributed by atoms with Crippen LogP contribution in [-0.4, -0.2) is 11.8 Å². The molecule has 0 fully saturated rings. The zero-order chi connectivity index (χ0) is 19.4. The smallest absolute Gasteiger partial charge is 0.291 e. The maximum Gasteiger partial charge on any atom is 0.291 e. The van der Waals surface area contributed by atoms with Gasteiger partial charge in [0, 0.05) is 11.3 Å². The molecule has 138 valence electrons. The number of halogens is 2. The van der Waals surface area contributed by atoms with Crippen molar-refractivity contribution in [2.24, 2.45) is 0 Å².